The van der Waals surface area contributed by atoms with E-state index >= 15 is 0 Å². The van der Waals surface area contributed by atoms with Gasteiger partial charge < -0.3 is 14.7 Å². The van der Waals surface area contributed by atoms with E-state index < -0.39 is 17.7 Å². The van der Waals surface area contributed by atoms with Crippen LogP contribution in [0.5, 0.6) is 5.75 Å². The van der Waals surface area contributed by atoms with Crippen LogP contribution in [0.3, 0.4) is 0 Å². The van der Waals surface area contributed by atoms with E-state index in [4.69, 9.17) is 4.74 Å². The summed E-state index contributed by atoms with van der Waals surface area (Å²) < 4.78 is 5.27. The van der Waals surface area contributed by atoms with Crippen molar-refractivity contribution in [3.8, 4) is 5.75 Å². The first-order valence-electron chi connectivity index (χ1n) is 10.6. The summed E-state index contributed by atoms with van der Waals surface area (Å²) in [6.07, 6.45) is 0. The summed E-state index contributed by atoms with van der Waals surface area (Å²) in [7, 11) is 5.40. The lowest BCUT2D eigenvalue weighted by atomic mass is 9.92. The number of ketones is 1. The fraction of sp³-hybridized carbons (Fsp3) is 0.185. The van der Waals surface area contributed by atoms with Crippen LogP contribution in [0, 0.1) is 6.92 Å². The van der Waals surface area contributed by atoms with Gasteiger partial charge in [0.2, 0.25) is 0 Å². The van der Waals surface area contributed by atoms with E-state index in [1.54, 1.807) is 24.3 Å². The summed E-state index contributed by atoms with van der Waals surface area (Å²) in [6, 6.07) is 21.0. The van der Waals surface area contributed by atoms with Gasteiger partial charge in [0.1, 0.15) is 11.5 Å². The summed E-state index contributed by atoms with van der Waals surface area (Å²) in [5, 5.41) is 11.3. The minimum atomic E-state index is -0.761. The maximum Gasteiger partial charge on any atom is 0.300 e. The molecule has 1 N–H and O–H groups in total. The maximum absolute atomic E-state index is 13.3. The third-order valence-corrected chi connectivity index (χ3v) is 5.91. The number of methoxy groups -OCH3 is 1. The van der Waals surface area contributed by atoms with E-state index in [1.165, 1.54) is 12.0 Å². The number of aliphatic hydroxyl groups excluding tert-OH is 1. The monoisotopic (exact) mass is 442 g/mol. The van der Waals surface area contributed by atoms with E-state index in [0.29, 0.717) is 17.0 Å². The molecule has 0 aromatic heterocycles. The Morgan fingerprint density at radius 1 is 0.970 bits per heavy atom. The normalized spacial score (nSPS) is 17.3. The van der Waals surface area contributed by atoms with Gasteiger partial charge in [-0.1, -0.05) is 36.4 Å². The highest BCUT2D eigenvalue weighted by Gasteiger charge is 2.47. The van der Waals surface area contributed by atoms with Crippen molar-refractivity contribution in [3.63, 3.8) is 0 Å². The number of aliphatic hydroxyl groups is 1. The largest absolute Gasteiger partial charge is 0.507 e. The Morgan fingerprint density at radius 2 is 1.67 bits per heavy atom. The quantitative estimate of drug-likeness (QED) is 0.353. The zero-order valence-corrected chi connectivity index (χ0v) is 19.1. The molecule has 4 rings (SSSR count). The molecule has 1 heterocycles. The molecule has 6 nitrogen and oxygen atoms in total. The molecule has 1 amide bonds. The summed E-state index contributed by atoms with van der Waals surface area (Å²) >= 11 is 0. The first-order valence-corrected chi connectivity index (χ1v) is 10.6. The van der Waals surface area contributed by atoms with Crippen molar-refractivity contribution in [2.75, 3.05) is 31.0 Å². The lowest BCUT2D eigenvalue weighted by Crippen LogP contribution is -2.29. The van der Waals surface area contributed by atoms with Crippen LogP contribution in [0.2, 0.25) is 0 Å². The van der Waals surface area contributed by atoms with E-state index in [0.717, 1.165) is 16.8 Å². The van der Waals surface area contributed by atoms with E-state index in [1.807, 2.05) is 74.4 Å². The van der Waals surface area contributed by atoms with Crippen LogP contribution in [-0.4, -0.2) is 38.0 Å². The summed E-state index contributed by atoms with van der Waals surface area (Å²) in [4.78, 5) is 30.0. The van der Waals surface area contributed by atoms with Crippen LogP contribution in [-0.2, 0) is 9.59 Å². The Labute approximate surface area is 193 Å². The van der Waals surface area contributed by atoms with Crippen molar-refractivity contribution in [3.05, 3.63) is 95.1 Å². The lowest BCUT2D eigenvalue weighted by molar-refractivity contribution is -0.132. The zero-order chi connectivity index (χ0) is 23.7. The van der Waals surface area contributed by atoms with Crippen LogP contribution in [0.25, 0.3) is 5.76 Å². The lowest BCUT2D eigenvalue weighted by Gasteiger charge is -2.27. The third-order valence-electron chi connectivity index (χ3n) is 5.91. The van der Waals surface area contributed by atoms with Gasteiger partial charge in [-0.05, 0) is 54.4 Å². The number of nitrogens with zero attached hydrogens (tertiary/aromatic N) is 2. The van der Waals surface area contributed by atoms with Gasteiger partial charge in [-0.15, -0.1) is 0 Å². The number of amides is 1. The van der Waals surface area contributed by atoms with Gasteiger partial charge in [0, 0.05) is 31.0 Å². The Bertz CT molecular complexity index is 1240. The second kappa shape index (κ2) is 8.82. The molecule has 0 radical (unpaired) electrons. The summed E-state index contributed by atoms with van der Waals surface area (Å²) in [5.41, 5.74) is 3.71. The molecule has 1 saturated heterocycles. The molecular formula is C27H26N2O4. The zero-order valence-electron chi connectivity index (χ0n) is 19.1. The summed E-state index contributed by atoms with van der Waals surface area (Å²) in [6.45, 7) is 1.93. The number of hydrogen-bond donors (Lipinski definition) is 1. The van der Waals surface area contributed by atoms with Crippen molar-refractivity contribution >= 4 is 28.8 Å². The number of hydrogen-bond acceptors (Lipinski definition) is 5. The predicted molar refractivity (Wildman–Crippen MR) is 130 cm³/mol. The molecule has 0 saturated carbocycles. The molecule has 3 aromatic carbocycles. The van der Waals surface area contributed by atoms with Crippen LogP contribution in [0.15, 0.2) is 78.4 Å². The van der Waals surface area contributed by atoms with Crippen molar-refractivity contribution in [2.24, 2.45) is 0 Å². The molecule has 0 spiro atoms. The highest BCUT2D eigenvalue weighted by molar-refractivity contribution is 6.51. The molecule has 33 heavy (non-hydrogen) atoms. The number of rotatable bonds is 5. The SMILES string of the molecule is COc1cccc(/C(O)=C2\C(=O)C(=O)N(c3ccc(N(C)C)cc3)C2c2ccccc2C)c1. The van der Waals surface area contributed by atoms with Crippen LogP contribution in [0.1, 0.15) is 22.7 Å². The summed E-state index contributed by atoms with van der Waals surface area (Å²) in [5.74, 6) is -1.08. The predicted octanol–water partition coefficient (Wildman–Crippen LogP) is 4.70. The van der Waals surface area contributed by atoms with E-state index in [9.17, 15) is 14.7 Å². The van der Waals surface area contributed by atoms with Crippen LogP contribution in [0.4, 0.5) is 11.4 Å². The van der Waals surface area contributed by atoms with E-state index in [2.05, 4.69) is 0 Å². The average Bonchev–Trinajstić information content (AvgIpc) is 3.09. The molecule has 1 atom stereocenters. The second-order valence-electron chi connectivity index (χ2n) is 8.17. The Morgan fingerprint density at radius 3 is 2.30 bits per heavy atom. The number of carbonyl (C=O) groups is 2. The standard InChI is InChI=1S/C27H26N2O4/c1-17-8-5-6-11-22(17)24-23(25(30)18-9-7-10-21(16-18)33-4)26(31)27(32)29(24)20-14-12-19(13-15-20)28(2)3/h5-16,24,30H,1-4H3/b25-23+. The van der Waals surface area contributed by atoms with Crippen molar-refractivity contribution in [1.29, 1.82) is 0 Å². The first kappa shape index (κ1) is 22.1. The minimum Gasteiger partial charge on any atom is -0.507 e. The Balaban J connectivity index is 1.93. The van der Waals surface area contributed by atoms with Gasteiger partial charge in [-0.2, -0.15) is 0 Å². The molecule has 0 aliphatic carbocycles. The maximum atomic E-state index is 13.3. The molecule has 1 aliphatic rings. The fourth-order valence-electron chi connectivity index (χ4n) is 4.12. The number of Topliss-reactive ketones (excluding diaryl/α,β-unsaturated/α-hetero) is 1. The third kappa shape index (κ3) is 3.96. The molecule has 1 unspecified atom stereocenters. The average molecular weight is 443 g/mol. The van der Waals surface area contributed by atoms with Gasteiger partial charge in [-0.3, -0.25) is 14.5 Å². The van der Waals surface area contributed by atoms with Crippen molar-refractivity contribution < 1.29 is 19.4 Å². The second-order valence-corrected chi connectivity index (χ2v) is 8.17. The topological polar surface area (TPSA) is 70.1 Å². The molecule has 0 bridgehead atoms. The Hall–Kier alpha value is -4.06. The number of aryl methyl sites for hydroxylation is 1. The fourth-order valence-corrected chi connectivity index (χ4v) is 4.12. The minimum absolute atomic E-state index is 0.0549. The van der Waals surface area contributed by atoms with Crippen LogP contribution < -0.4 is 14.5 Å². The molecule has 6 heteroatoms. The molecular weight excluding hydrogens is 416 g/mol. The van der Waals surface area contributed by atoms with E-state index in [-0.39, 0.29) is 11.3 Å². The molecule has 3 aromatic rings. The number of ether oxygens (including phenoxy) is 1. The highest BCUT2D eigenvalue weighted by atomic mass is 16.5. The Kier molecular flexibility index (Phi) is 5.92. The highest BCUT2D eigenvalue weighted by Crippen LogP contribution is 2.43. The van der Waals surface area contributed by atoms with Gasteiger partial charge in [0.05, 0.1) is 18.7 Å². The molecule has 1 aliphatic heterocycles. The van der Waals surface area contributed by atoms with Gasteiger partial charge >= 0.3 is 0 Å². The van der Waals surface area contributed by atoms with Crippen molar-refractivity contribution in [2.45, 2.75) is 13.0 Å². The number of carbonyl (C=O) groups excluding carboxylic acids is 2. The molecule has 1 fully saturated rings. The van der Waals surface area contributed by atoms with Gasteiger partial charge in [-0.25, -0.2) is 0 Å². The van der Waals surface area contributed by atoms with Gasteiger partial charge in [0.15, 0.2) is 0 Å². The number of anilines is 2. The van der Waals surface area contributed by atoms with Crippen LogP contribution >= 0.6 is 0 Å². The van der Waals surface area contributed by atoms with Gasteiger partial charge in [0.25, 0.3) is 11.7 Å². The first-order chi connectivity index (χ1) is 15.8. The smallest absolute Gasteiger partial charge is 0.300 e. The molecule has 168 valence electrons. The van der Waals surface area contributed by atoms with Crippen molar-refractivity contribution in [1.82, 2.24) is 0 Å². The number of benzene rings is 3.